The highest BCUT2D eigenvalue weighted by Crippen LogP contribution is 2.43. The molecule has 9 heteroatoms. The van der Waals surface area contributed by atoms with Gasteiger partial charge in [0.05, 0.1) is 12.0 Å². The van der Waals surface area contributed by atoms with Crippen LogP contribution in [-0.2, 0) is 11.2 Å². The fraction of sp³-hybridized carbons (Fsp3) is 0.200. The molecule has 126 valence electrons. The summed E-state index contributed by atoms with van der Waals surface area (Å²) in [6.45, 7) is 0. The molecular weight excluding hydrogens is 353 g/mol. The standard InChI is InChI=1S/C15H8F5NO2S/c16-14(17,18)15(19,20)21-11(22)6-9-10(24)5-7-3-1-2-4-8(7)12(9)13(21)23/h1-5,24H,6H2. The van der Waals surface area contributed by atoms with E-state index in [0.29, 0.717) is 5.39 Å². The molecule has 1 aliphatic heterocycles. The molecule has 0 unspecified atom stereocenters. The maximum atomic E-state index is 13.7. The van der Waals surface area contributed by atoms with Crippen molar-refractivity contribution >= 4 is 35.2 Å². The molecule has 0 saturated carbocycles. The molecule has 2 amide bonds. The zero-order valence-electron chi connectivity index (χ0n) is 11.7. The molecule has 0 aromatic heterocycles. The second kappa shape index (κ2) is 5.17. The number of carbonyl (C=O) groups is 2. The van der Waals surface area contributed by atoms with Crippen LogP contribution in [0.5, 0.6) is 0 Å². The van der Waals surface area contributed by atoms with Crippen LogP contribution in [0.2, 0.25) is 0 Å². The van der Waals surface area contributed by atoms with Crippen LogP contribution in [0.15, 0.2) is 35.2 Å². The lowest BCUT2D eigenvalue weighted by molar-refractivity contribution is -0.323. The van der Waals surface area contributed by atoms with Gasteiger partial charge in [0, 0.05) is 4.90 Å². The number of carbonyl (C=O) groups excluding carboxylic acids is 2. The SMILES string of the molecule is O=C1Cc2c(S)cc3ccccc3c2C(=O)N1C(F)(F)C(F)(F)F. The zero-order valence-corrected chi connectivity index (χ0v) is 12.6. The smallest absolute Gasteiger partial charge is 0.274 e. The van der Waals surface area contributed by atoms with E-state index in [2.05, 4.69) is 12.6 Å². The maximum Gasteiger partial charge on any atom is 0.476 e. The Morgan fingerprint density at radius 2 is 1.67 bits per heavy atom. The Morgan fingerprint density at radius 3 is 2.29 bits per heavy atom. The number of alkyl halides is 5. The molecule has 2 aromatic carbocycles. The Hall–Kier alpha value is -2.16. The van der Waals surface area contributed by atoms with E-state index in [4.69, 9.17) is 0 Å². The summed E-state index contributed by atoms with van der Waals surface area (Å²) in [6.07, 6.45) is -6.83. The first-order valence-electron chi connectivity index (χ1n) is 6.61. The van der Waals surface area contributed by atoms with Crippen molar-refractivity contribution in [3.05, 3.63) is 41.5 Å². The molecular formula is C15H8F5NO2S. The Kier molecular flexibility index (Phi) is 3.59. The molecule has 24 heavy (non-hydrogen) atoms. The average Bonchev–Trinajstić information content (AvgIpc) is 2.46. The van der Waals surface area contributed by atoms with E-state index >= 15 is 0 Å². The van der Waals surface area contributed by atoms with E-state index in [0.717, 1.165) is 0 Å². The van der Waals surface area contributed by atoms with E-state index in [9.17, 15) is 31.5 Å². The number of imide groups is 1. The van der Waals surface area contributed by atoms with Crippen molar-refractivity contribution in [2.75, 3.05) is 0 Å². The molecule has 0 saturated heterocycles. The maximum absolute atomic E-state index is 13.7. The summed E-state index contributed by atoms with van der Waals surface area (Å²) in [6, 6.07) is 2.03. The minimum atomic E-state index is -6.07. The van der Waals surface area contributed by atoms with Gasteiger partial charge in [0.15, 0.2) is 0 Å². The van der Waals surface area contributed by atoms with Gasteiger partial charge in [-0.15, -0.1) is 12.6 Å². The first-order chi connectivity index (χ1) is 11.1. The molecule has 0 bridgehead atoms. The summed E-state index contributed by atoms with van der Waals surface area (Å²) in [5.74, 6) is -3.31. The Bertz CT molecular complexity index is 878. The fourth-order valence-electron chi connectivity index (χ4n) is 2.67. The second-order valence-electron chi connectivity index (χ2n) is 5.22. The van der Waals surface area contributed by atoms with Crippen molar-refractivity contribution in [3.63, 3.8) is 0 Å². The van der Waals surface area contributed by atoms with E-state index in [1.165, 1.54) is 18.2 Å². The van der Waals surface area contributed by atoms with Gasteiger partial charge in [-0.3, -0.25) is 9.59 Å². The highest BCUT2D eigenvalue weighted by Gasteiger charge is 2.66. The molecule has 0 radical (unpaired) electrons. The lowest BCUT2D eigenvalue weighted by Crippen LogP contribution is -2.59. The van der Waals surface area contributed by atoms with Gasteiger partial charge in [-0.2, -0.15) is 22.0 Å². The topological polar surface area (TPSA) is 37.4 Å². The number of rotatable bonds is 1. The predicted molar refractivity (Wildman–Crippen MR) is 77.1 cm³/mol. The quantitative estimate of drug-likeness (QED) is 0.363. The first kappa shape index (κ1) is 16.7. The summed E-state index contributed by atoms with van der Waals surface area (Å²) in [4.78, 5) is 23.4. The molecule has 2 aromatic rings. The van der Waals surface area contributed by atoms with E-state index in [1.54, 1.807) is 12.1 Å². The Balaban J connectivity index is 2.28. The van der Waals surface area contributed by atoms with Crippen molar-refractivity contribution < 1.29 is 31.5 Å². The summed E-state index contributed by atoms with van der Waals surface area (Å²) < 4.78 is 65.2. The predicted octanol–water partition coefficient (Wildman–Crippen LogP) is 3.81. The number of halogens is 5. The van der Waals surface area contributed by atoms with E-state index < -0.39 is 35.4 Å². The van der Waals surface area contributed by atoms with Crippen LogP contribution in [0.4, 0.5) is 22.0 Å². The number of fused-ring (bicyclic) bond motifs is 3. The Labute approximate surface area is 137 Å². The zero-order chi connectivity index (χ0) is 17.9. The van der Waals surface area contributed by atoms with Crippen LogP contribution in [0.1, 0.15) is 15.9 Å². The van der Waals surface area contributed by atoms with Gasteiger partial charge in [0.1, 0.15) is 0 Å². The van der Waals surface area contributed by atoms with Crippen molar-refractivity contribution in [2.24, 2.45) is 0 Å². The Morgan fingerprint density at radius 1 is 1.04 bits per heavy atom. The second-order valence-corrected chi connectivity index (χ2v) is 5.70. The lowest BCUT2D eigenvalue weighted by Gasteiger charge is -2.34. The molecule has 0 spiro atoms. The normalized spacial score (nSPS) is 15.8. The largest absolute Gasteiger partial charge is 0.476 e. The average molecular weight is 361 g/mol. The van der Waals surface area contributed by atoms with Gasteiger partial charge in [0.25, 0.3) is 5.91 Å². The molecule has 3 rings (SSSR count). The first-order valence-corrected chi connectivity index (χ1v) is 7.06. The minimum Gasteiger partial charge on any atom is -0.274 e. The summed E-state index contributed by atoms with van der Waals surface area (Å²) in [5.41, 5.74) is -0.317. The molecule has 1 heterocycles. The third-order valence-corrected chi connectivity index (χ3v) is 4.15. The van der Waals surface area contributed by atoms with Crippen LogP contribution in [0.25, 0.3) is 10.8 Å². The van der Waals surface area contributed by atoms with Crippen molar-refractivity contribution in [2.45, 2.75) is 23.5 Å². The van der Waals surface area contributed by atoms with Gasteiger partial charge in [-0.05, 0) is 22.4 Å². The third-order valence-electron chi connectivity index (χ3n) is 3.75. The van der Waals surface area contributed by atoms with E-state index in [-0.39, 0.29) is 21.4 Å². The van der Waals surface area contributed by atoms with Gasteiger partial charge >= 0.3 is 12.2 Å². The van der Waals surface area contributed by atoms with Crippen molar-refractivity contribution in [1.82, 2.24) is 4.90 Å². The van der Waals surface area contributed by atoms with Crippen LogP contribution in [0, 0.1) is 0 Å². The highest BCUT2D eigenvalue weighted by atomic mass is 32.1. The molecule has 0 N–H and O–H groups in total. The third kappa shape index (κ3) is 2.26. The number of amides is 2. The van der Waals surface area contributed by atoms with Gasteiger partial charge < -0.3 is 0 Å². The summed E-state index contributed by atoms with van der Waals surface area (Å²) in [5, 5.41) is 0.630. The van der Waals surface area contributed by atoms with Gasteiger partial charge in [0.2, 0.25) is 5.91 Å². The van der Waals surface area contributed by atoms with Crippen LogP contribution >= 0.6 is 12.6 Å². The fourth-order valence-corrected chi connectivity index (χ4v) is 3.00. The molecule has 0 fully saturated rings. The highest BCUT2D eigenvalue weighted by molar-refractivity contribution is 7.80. The van der Waals surface area contributed by atoms with Crippen molar-refractivity contribution in [3.8, 4) is 0 Å². The minimum absolute atomic E-state index is 0.0428. The van der Waals surface area contributed by atoms with Crippen molar-refractivity contribution in [1.29, 1.82) is 0 Å². The van der Waals surface area contributed by atoms with Gasteiger partial charge in [-0.1, -0.05) is 24.3 Å². The molecule has 3 nitrogen and oxygen atoms in total. The summed E-state index contributed by atoms with van der Waals surface area (Å²) in [7, 11) is 0. The van der Waals surface area contributed by atoms with Crippen LogP contribution < -0.4 is 0 Å². The lowest BCUT2D eigenvalue weighted by atomic mass is 9.92. The molecule has 0 aliphatic carbocycles. The number of nitrogens with zero attached hydrogens (tertiary/aromatic N) is 1. The number of benzene rings is 2. The monoisotopic (exact) mass is 361 g/mol. The number of hydrogen-bond donors (Lipinski definition) is 1. The van der Waals surface area contributed by atoms with Crippen LogP contribution in [-0.4, -0.2) is 28.9 Å². The number of hydrogen-bond acceptors (Lipinski definition) is 3. The molecule has 1 aliphatic rings. The number of thiol groups is 1. The summed E-state index contributed by atoms with van der Waals surface area (Å²) >= 11 is 4.12. The van der Waals surface area contributed by atoms with E-state index in [1.807, 2.05) is 0 Å². The van der Waals surface area contributed by atoms with Gasteiger partial charge in [-0.25, -0.2) is 4.90 Å². The van der Waals surface area contributed by atoms with Crippen LogP contribution in [0.3, 0.4) is 0 Å². The molecule has 0 atom stereocenters.